The van der Waals surface area contributed by atoms with Crippen molar-refractivity contribution in [1.29, 1.82) is 0 Å². The summed E-state index contributed by atoms with van der Waals surface area (Å²) in [6.45, 7) is 5.62. The van der Waals surface area contributed by atoms with Gasteiger partial charge in [-0.15, -0.1) is 0 Å². The van der Waals surface area contributed by atoms with Gasteiger partial charge in [0.2, 0.25) is 0 Å². The Morgan fingerprint density at radius 1 is 1.34 bits per heavy atom. The molecule has 0 radical (unpaired) electrons. The van der Waals surface area contributed by atoms with E-state index in [0.29, 0.717) is 32.6 Å². The Hall–Kier alpha value is -2.04. The van der Waals surface area contributed by atoms with Crippen LogP contribution >= 0.6 is 0 Å². The average molecular weight is 422 g/mol. The fourth-order valence-electron chi connectivity index (χ4n) is 4.12. The van der Waals surface area contributed by atoms with Gasteiger partial charge in [0.15, 0.2) is 5.03 Å². The molecule has 1 atom stereocenters. The van der Waals surface area contributed by atoms with Crippen LogP contribution in [0, 0.1) is 0 Å². The Morgan fingerprint density at radius 2 is 2.14 bits per heavy atom. The zero-order valence-electron chi connectivity index (χ0n) is 17.0. The number of nitrogens with zero attached hydrogens (tertiary/aromatic N) is 5. The highest BCUT2D eigenvalue weighted by Crippen LogP contribution is 2.27. The smallest absolute Gasteiger partial charge is 0.267 e. The van der Waals surface area contributed by atoms with Gasteiger partial charge in [-0.3, -0.25) is 4.79 Å². The summed E-state index contributed by atoms with van der Waals surface area (Å²) in [6, 6.07) is 1.25. The minimum atomic E-state index is -3.74. The Balaban J connectivity index is 1.61. The minimum absolute atomic E-state index is 0.0681. The fourth-order valence-corrected chi connectivity index (χ4v) is 5.80. The highest BCUT2D eigenvalue weighted by Gasteiger charge is 2.37. The van der Waals surface area contributed by atoms with E-state index in [1.807, 2.05) is 20.9 Å². The van der Waals surface area contributed by atoms with E-state index in [1.165, 1.54) is 8.99 Å². The third-order valence-electron chi connectivity index (χ3n) is 5.59. The third-order valence-corrected chi connectivity index (χ3v) is 7.41. The van der Waals surface area contributed by atoms with Crippen LogP contribution in [0.5, 0.6) is 0 Å². The number of aryl methyl sites for hydroxylation is 1. The number of imidazole rings is 1. The van der Waals surface area contributed by atoms with Crippen molar-refractivity contribution in [2.45, 2.75) is 63.2 Å². The molecule has 4 rings (SSSR count). The molecule has 2 aliphatic heterocycles. The molecule has 10 heteroatoms. The molecule has 1 unspecified atom stereocenters. The Morgan fingerprint density at radius 3 is 2.86 bits per heavy atom. The summed E-state index contributed by atoms with van der Waals surface area (Å²) in [5.74, 6) is 0.856. The van der Waals surface area contributed by atoms with Gasteiger partial charge < -0.3 is 9.30 Å². The molecule has 0 aromatic carbocycles. The van der Waals surface area contributed by atoms with E-state index in [-0.39, 0.29) is 29.1 Å². The van der Waals surface area contributed by atoms with Crippen LogP contribution in [0.2, 0.25) is 0 Å². The Labute approximate surface area is 170 Å². The zero-order chi connectivity index (χ0) is 20.8. The van der Waals surface area contributed by atoms with E-state index in [2.05, 4.69) is 10.1 Å². The maximum Gasteiger partial charge on any atom is 0.267 e. The van der Waals surface area contributed by atoms with Gasteiger partial charge in [-0.25, -0.2) is 18.1 Å². The van der Waals surface area contributed by atoms with Crippen molar-refractivity contribution < 1.29 is 13.2 Å². The van der Waals surface area contributed by atoms with Crippen LogP contribution in [0.1, 0.15) is 49.7 Å². The molecule has 2 aromatic heterocycles. The molecule has 1 fully saturated rings. The quantitative estimate of drug-likeness (QED) is 0.715. The lowest BCUT2D eigenvalue weighted by molar-refractivity contribution is 0.107. The zero-order valence-corrected chi connectivity index (χ0v) is 17.9. The van der Waals surface area contributed by atoms with Crippen molar-refractivity contribution in [1.82, 2.24) is 23.6 Å². The number of fused-ring (bicyclic) bond motifs is 1. The highest BCUT2D eigenvalue weighted by molar-refractivity contribution is 7.89. The van der Waals surface area contributed by atoms with Gasteiger partial charge in [-0.05, 0) is 12.8 Å². The molecule has 0 saturated carbocycles. The second kappa shape index (κ2) is 7.66. The van der Waals surface area contributed by atoms with E-state index in [1.54, 1.807) is 16.8 Å². The summed E-state index contributed by atoms with van der Waals surface area (Å²) in [5, 5.41) is 4.56. The maximum absolute atomic E-state index is 13.3. The molecular formula is C19H27N5O4S. The highest BCUT2D eigenvalue weighted by atomic mass is 32.2. The molecule has 0 aliphatic carbocycles. The van der Waals surface area contributed by atoms with E-state index in [9.17, 15) is 13.2 Å². The van der Waals surface area contributed by atoms with Crippen molar-refractivity contribution in [3.05, 3.63) is 39.7 Å². The lowest BCUT2D eigenvalue weighted by Gasteiger charge is -2.24. The van der Waals surface area contributed by atoms with Gasteiger partial charge in [-0.2, -0.15) is 9.40 Å². The van der Waals surface area contributed by atoms with E-state index >= 15 is 0 Å². The molecule has 29 heavy (non-hydrogen) atoms. The number of aromatic nitrogens is 4. The summed E-state index contributed by atoms with van der Waals surface area (Å²) < 4.78 is 36.6. The summed E-state index contributed by atoms with van der Waals surface area (Å²) in [6.07, 6.45) is 3.68. The molecule has 2 aliphatic rings. The van der Waals surface area contributed by atoms with Crippen LogP contribution in [-0.4, -0.2) is 51.2 Å². The van der Waals surface area contributed by atoms with Crippen molar-refractivity contribution in [3.8, 4) is 0 Å². The SMILES string of the molecule is CC(C)c1nc(S(=O)(=O)N2CCCC2Cn2nc3c(cc2=O)COCC3)cn1C. The van der Waals surface area contributed by atoms with Gasteiger partial charge >= 0.3 is 0 Å². The minimum Gasteiger partial charge on any atom is -0.376 e. The number of hydrogen-bond acceptors (Lipinski definition) is 6. The Bertz CT molecular complexity index is 1070. The van der Waals surface area contributed by atoms with E-state index < -0.39 is 10.0 Å². The van der Waals surface area contributed by atoms with Crippen LogP contribution < -0.4 is 5.56 Å². The molecular weight excluding hydrogens is 394 g/mol. The van der Waals surface area contributed by atoms with E-state index in [0.717, 1.165) is 23.5 Å². The maximum atomic E-state index is 13.3. The first kappa shape index (κ1) is 20.2. The van der Waals surface area contributed by atoms with Gasteiger partial charge in [0.1, 0.15) is 5.82 Å². The lowest BCUT2D eigenvalue weighted by Crippen LogP contribution is -2.41. The normalized spacial score (nSPS) is 20.3. The molecule has 1 saturated heterocycles. The summed E-state index contributed by atoms with van der Waals surface area (Å²) in [5.41, 5.74) is 1.45. The molecule has 0 spiro atoms. The van der Waals surface area contributed by atoms with Gasteiger partial charge in [-0.1, -0.05) is 13.8 Å². The van der Waals surface area contributed by atoms with Gasteiger partial charge in [0.05, 0.1) is 25.5 Å². The average Bonchev–Trinajstić information content (AvgIpc) is 3.29. The molecule has 9 nitrogen and oxygen atoms in total. The van der Waals surface area contributed by atoms with Crippen molar-refractivity contribution >= 4 is 10.0 Å². The van der Waals surface area contributed by atoms with Crippen molar-refractivity contribution in [2.24, 2.45) is 7.05 Å². The number of ether oxygens (including phenoxy) is 1. The molecule has 0 amide bonds. The van der Waals surface area contributed by atoms with Crippen LogP contribution in [-0.2, 0) is 41.4 Å². The first-order valence-electron chi connectivity index (χ1n) is 10.00. The predicted molar refractivity (Wildman–Crippen MR) is 106 cm³/mol. The summed E-state index contributed by atoms with van der Waals surface area (Å²) >= 11 is 0. The van der Waals surface area contributed by atoms with Crippen LogP contribution in [0.25, 0.3) is 0 Å². The fraction of sp³-hybridized carbons (Fsp3) is 0.632. The van der Waals surface area contributed by atoms with Crippen molar-refractivity contribution in [2.75, 3.05) is 13.2 Å². The summed E-state index contributed by atoms with van der Waals surface area (Å²) in [4.78, 5) is 16.9. The van der Waals surface area contributed by atoms with Crippen LogP contribution in [0.4, 0.5) is 0 Å². The lowest BCUT2D eigenvalue weighted by atomic mass is 10.1. The monoisotopic (exact) mass is 421 g/mol. The molecule has 0 N–H and O–H groups in total. The first-order chi connectivity index (χ1) is 13.8. The number of rotatable bonds is 5. The molecule has 0 bridgehead atoms. The molecule has 4 heterocycles. The van der Waals surface area contributed by atoms with Crippen LogP contribution in [0.15, 0.2) is 22.1 Å². The largest absolute Gasteiger partial charge is 0.376 e. The Kier molecular flexibility index (Phi) is 5.34. The van der Waals surface area contributed by atoms with Gasteiger partial charge in [0.25, 0.3) is 15.6 Å². The topological polar surface area (TPSA) is 99.3 Å². The second-order valence-corrected chi connectivity index (χ2v) is 9.89. The number of sulfonamides is 1. The number of hydrogen-bond donors (Lipinski definition) is 0. The molecule has 158 valence electrons. The standard InChI is InChI=1S/C19H27N5O4S/c1-13(2)19-20-17(11-22(19)3)29(26,27)24-7-4-5-15(24)10-23-18(25)9-14-12-28-8-6-16(14)21-23/h9,11,13,15H,4-8,10,12H2,1-3H3. The first-order valence-corrected chi connectivity index (χ1v) is 11.4. The third kappa shape index (κ3) is 3.76. The van der Waals surface area contributed by atoms with Crippen molar-refractivity contribution in [3.63, 3.8) is 0 Å². The van der Waals surface area contributed by atoms with E-state index in [4.69, 9.17) is 4.74 Å². The second-order valence-electron chi connectivity index (χ2n) is 8.05. The summed E-state index contributed by atoms with van der Waals surface area (Å²) in [7, 11) is -1.93. The van der Waals surface area contributed by atoms with Gasteiger partial charge in [0, 0.05) is 49.8 Å². The molecule has 2 aromatic rings. The predicted octanol–water partition coefficient (Wildman–Crippen LogP) is 1.03. The van der Waals surface area contributed by atoms with Crippen LogP contribution in [0.3, 0.4) is 0 Å².